The van der Waals surface area contributed by atoms with E-state index in [2.05, 4.69) is 24.3 Å². The zero-order valence-corrected chi connectivity index (χ0v) is 10.5. The molecule has 0 unspecified atom stereocenters. The zero-order valence-electron chi connectivity index (χ0n) is 10.5. The first-order valence-corrected chi connectivity index (χ1v) is 6.33. The van der Waals surface area contributed by atoms with Crippen molar-refractivity contribution in [3.63, 3.8) is 0 Å². The number of ketones is 1. The van der Waals surface area contributed by atoms with Crippen molar-refractivity contribution in [1.29, 1.82) is 0 Å². The Hall–Kier alpha value is -2.35. The number of carbonyl (C=O) groups is 1. The summed E-state index contributed by atoms with van der Waals surface area (Å²) < 4.78 is 5.48. The summed E-state index contributed by atoms with van der Waals surface area (Å²) in [5, 5.41) is 0. The lowest BCUT2D eigenvalue weighted by Gasteiger charge is -2.19. The number of ether oxygens (including phenoxy) is 1. The van der Waals surface area contributed by atoms with Gasteiger partial charge in [0.15, 0.2) is 5.78 Å². The SMILES string of the molecule is O=C1C=CO[C@@H](c2ccc(-c3ccccc3)cc2)C1. The Morgan fingerprint density at radius 2 is 1.58 bits per heavy atom. The number of rotatable bonds is 2. The van der Waals surface area contributed by atoms with Crippen LogP contribution in [0, 0.1) is 0 Å². The van der Waals surface area contributed by atoms with Crippen molar-refractivity contribution in [1.82, 2.24) is 0 Å². The van der Waals surface area contributed by atoms with Gasteiger partial charge in [-0.25, -0.2) is 0 Å². The quantitative estimate of drug-likeness (QED) is 0.808. The summed E-state index contributed by atoms with van der Waals surface area (Å²) in [5.41, 5.74) is 3.40. The van der Waals surface area contributed by atoms with Crippen LogP contribution in [0.2, 0.25) is 0 Å². The third-order valence-electron chi connectivity index (χ3n) is 3.27. The van der Waals surface area contributed by atoms with Gasteiger partial charge < -0.3 is 4.74 Å². The number of hydrogen-bond acceptors (Lipinski definition) is 2. The molecule has 0 aliphatic carbocycles. The highest BCUT2D eigenvalue weighted by Crippen LogP contribution is 2.27. The molecule has 2 aromatic rings. The predicted molar refractivity (Wildman–Crippen MR) is 74.5 cm³/mol. The van der Waals surface area contributed by atoms with Gasteiger partial charge >= 0.3 is 0 Å². The van der Waals surface area contributed by atoms with Gasteiger partial charge in [-0.05, 0) is 16.7 Å². The highest BCUT2D eigenvalue weighted by Gasteiger charge is 2.18. The minimum atomic E-state index is -0.151. The lowest BCUT2D eigenvalue weighted by molar-refractivity contribution is -0.118. The molecular weight excluding hydrogens is 236 g/mol. The predicted octanol–water partition coefficient (Wildman–Crippen LogP) is 3.90. The Morgan fingerprint density at radius 1 is 0.895 bits per heavy atom. The van der Waals surface area contributed by atoms with E-state index in [9.17, 15) is 4.79 Å². The lowest BCUT2D eigenvalue weighted by atomic mass is 9.99. The normalized spacial score (nSPS) is 18.1. The van der Waals surface area contributed by atoms with Gasteiger partial charge in [-0.15, -0.1) is 0 Å². The first-order valence-electron chi connectivity index (χ1n) is 6.33. The largest absolute Gasteiger partial charge is 0.493 e. The Morgan fingerprint density at radius 3 is 2.26 bits per heavy atom. The van der Waals surface area contributed by atoms with E-state index in [4.69, 9.17) is 4.74 Å². The molecule has 94 valence electrons. The Kier molecular flexibility index (Phi) is 3.15. The lowest BCUT2D eigenvalue weighted by Crippen LogP contribution is -2.11. The van der Waals surface area contributed by atoms with Crippen molar-refractivity contribution in [2.24, 2.45) is 0 Å². The van der Waals surface area contributed by atoms with E-state index in [1.54, 1.807) is 0 Å². The van der Waals surface area contributed by atoms with E-state index in [1.807, 2.05) is 30.3 Å². The summed E-state index contributed by atoms with van der Waals surface area (Å²) in [6, 6.07) is 18.4. The van der Waals surface area contributed by atoms with E-state index in [0.717, 1.165) is 5.56 Å². The van der Waals surface area contributed by atoms with Crippen LogP contribution in [0.5, 0.6) is 0 Å². The van der Waals surface area contributed by atoms with Crippen LogP contribution < -0.4 is 0 Å². The molecule has 0 amide bonds. The third-order valence-corrected chi connectivity index (χ3v) is 3.27. The van der Waals surface area contributed by atoms with Gasteiger partial charge in [0, 0.05) is 6.08 Å². The van der Waals surface area contributed by atoms with Crippen LogP contribution in [-0.2, 0) is 9.53 Å². The van der Waals surface area contributed by atoms with Gasteiger partial charge in [0.1, 0.15) is 6.10 Å². The van der Waals surface area contributed by atoms with Crippen molar-refractivity contribution in [3.8, 4) is 11.1 Å². The minimum absolute atomic E-state index is 0.114. The Balaban J connectivity index is 1.83. The summed E-state index contributed by atoms with van der Waals surface area (Å²) in [5.74, 6) is 0.114. The molecule has 0 fully saturated rings. The van der Waals surface area contributed by atoms with Crippen LogP contribution >= 0.6 is 0 Å². The number of carbonyl (C=O) groups excluding carboxylic acids is 1. The summed E-state index contributed by atoms with van der Waals surface area (Å²) in [6.45, 7) is 0. The molecule has 1 atom stereocenters. The number of allylic oxidation sites excluding steroid dienone is 1. The van der Waals surface area contributed by atoms with Crippen molar-refractivity contribution in [2.75, 3.05) is 0 Å². The minimum Gasteiger partial charge on any atom is -0.493 e. The van der Waals surface area contributed by atoms with Crippen molar-refractivity contribution in [2.45, 2.75) is 12.5 Å². The summed E-state index contributed by atoms with van der Waals surface area (Å²) in [7, 11) is 0. The van der Waals surface area contributed by atoms with Crippen LogP contribution in [0.15, 0.2) is 66.9 Å². The van der Waals surface area contributed by atoms with E-state index < -0.39 is 0 Å². The molecule has 19 heavy (non-hydrogen) atoms. The van der Waals surface area contributed by atoms with E-state index in [0.29, 0.717) is 6.42 Å². The molecule has 0 bridgehead atoms. The highest BCUT2D eigenvalue weighted by molar-refractivity contribution is 5.90. The maximum absolute atomic E-state index is 11.4. The van der Waals surface area contributed by atoms with Crippen molar-refractivity contribution >= 4 is 5.78 Å². The molecule has 1 aliphatic heterocycles. The molecule has 1 aliphatic rings. The summed E-state index contributed by atoms with van der Waals surface area (Å²) in [4.78, 5) is 11.4. The van der Waals surface area contributed by atoms with Crippen LogP contribution in [0.25, 0.3) is 11.1 Å². The molecule has 0 N–H and O–H groups in total. The van der Waals surface area contributed by atoms with Gasteiger partial charge in [0.25, 0.3) is 0 Å². The first-order chi connectivity index (χ1) is 9.33. The second-order valence-electron chi connectivity index (χ2n) is 4.59. The average molecular weight is 250 g/mol. The monoisotopic (exact) mass is 250 g/mol. The fraction of sp³-hybridized carbons (Fsp3) is 0.118. The van der Waals surface area contributed by atoms with E-state index in [-0.39, 0.29) is 11.9 Å². The fourth-order valence-corrected chi connectivity index (χ4v) is 2.23. The van der Waals surface area contributed by atoms with Crippen LogP contribution in [0.3, 0.4) is 0 Å². The second-order valence-corrected chi connectivity index (χ2v) is 4.59. The van der Waals surface area contributed by atoms with Gasteiger partial charge in [-0.1, -0.05) is 54.6 Å². The summed E-state index contributed by atoms with van der Waals surface area (Å²) >= 11 is 0. The maximum atomic E-state index is 11.4. The second kappa shape index (κ2) is 5.11. The van der Waals surface area contributed by atoms with Gasteiger partial charge in [0.05, 0.1) is 12.7 Å². The average Bonchev–Trinajstić information content (AvgIpc) is 2.48. The van der Waals surface area contributed by atoms with Crippen LogP contribution in [0.1, 0.15) is 18.1 Å². The van der Waals surface area contributed by atoms with Gasteiger partial charge in [-0.2, -0.15) is 0 Å². The molecule has 1 heterocycles. The Bertz CT molecular complexity index is 597. The van der Waals surface area contributed by atoms with Crippen molar-refractivity contribution in [3.05, 3.63) is 72.5 Å². The molecule has 2 heteroatoms. The molecule has 0 spiro atoms. The van der Waals surface area contributed by atoms with Crippen LogP contribution in [-0.4, -0.2) is 5.78 Å². The number of benzene rings is 2. The molecule has 2 aromatic carbocycles. The standard InChI is InChI=1S/C17H14O2/c18-16-10-11-19-17(12-16)15-8-6-14(7-9-15)13-4-2-1-3-5-13/h1-11,17H,12H2/t17-/m1/s1. The zero-order chi connectivity index (χ0) is 13.1. The molecule has 2 nitrogen and oxygen atoms in total. The Labute approximate surface area is 112 Å². The molecule has 0 aromatic heterocycles. The third kappa shape index (κ3) is 2.58. The molecule has 3 rings (SSSR count). The molecule has 0 saturated carbocycles. The molecular formula is C17H14O2. The summed E-state index contributed by atoms with van der Waals surface area (Å²) in [6.07, 6.45) is 3.24. The number of hydrogen-bond donors (Lipinski definition) is 0. The first kappa shape index (κ1) is 11.7. The fourth-order valence-electron chi connectivity index (χ4n) is 2.23. The molecule has 0 saturated heterocycles. The maximum Gasteiger partial charge on any atom is 0.162 e. The van der Waals surface area contributed by atoms with Crippen LogP contribution in [0.4, 0.5) is 0 Å². The highest BCUT2D eigenvalue weighted by atomic mass is 16.5. The van der Waals surface area contributed by atoms with Gasteiger partial charge in [-0.3, -0.25) is 4.79 Å². The molecule has 0 radical (unpaired) electrons. The van der Waals surface area contributed by atoms with E-state index in [1.165, 1.54) is 23.5 Å². The van der Waals surface area contributed by atoms with Crippen molar-refractivity contribution < 1.29 is 9.53 Å². The van der Waals surface area contributed by atoms with E-state index >= 15 is 0 Å². The van der Waals surface area contributed by atoms with Gasteiger partial charge in [0.2, 0.25) is 0 Å². The smallest absolute Gasteiger partial charge is 0.162 e. The topological polar surface area (TPSA) is 26.3 Å².